The maximum atomic E-state index is 10.3. The van der Waals surface area contributed by atoms with Crippen LogP contribution in [-0.4, -0.2) is 21.3 Å². The Morgan fingerprint density at radius 2 is 2.06 bits per heavy atom. The van der Waals surface area contributed by atoms with Crippen LogP contribution in [0.15, 0.2) is 4.42 Å². The Labute approximate surface area is 94.9 Å². The Hall–Kier alpha value is -1.39. The third-order valence-electron chi connectivity index (χ3n) is 2.65. The van der Waals surface area contributed by atoms with Gasteiger partial charge in [-0.2, -0.15) is 0 Å². The van der Waals surface area contributed by atoms with Crippen molar-refractivity contribution in [3.05, 3.63) is 11.8 Å². The molecule has 1 rings (SSSR count). The highest BCUT2D eigenvalue weighted by molar-refractivity contribution is 5.66. The molecule has 1 aromatic heterocycles. The smallest absolute Gasteiger partial charge is 0.303 e. The molecule has 0 aliphatic carbocycles. The normalized spacial score (nSPS) is 13.0. The standard InChI is InChI=1S/C11H18N2O3/c1-7(2)8(3)11-13-12-9(16-11)5-4-6-10(14)15/h7-8H,4-6H2,1-3H3,(H,14,15). The van der Waals surface area contributed by atoms with Gasteiger partial charge in [0.25, 0.3) is 0 Å². The van der Waals surface area contributed by atoms with Crippen LogP contribution in [0.3, 0.4) is 0 Å². The maximum Gasteiger partial charge on any atom is 0.303 e. The van der Waals surface area contributed by atoms with Gasteiger partial charge in [-0.1, -0.05) is 20.8 Å². The number of aryl methyl sites for hydroxylation is 1. The Kier molecular flexibility index (Phi) is 4.46. The van der Waals surface area contributed by atoms with E-state index >= 15 is 0 Å². The topological polar surface area (TPSA) is 76.2 Å². The first-order valence-electron chi connectivity index (χ1n) is 5.54. The molecule has 90 valence electrons. The van der Waals surface area contributed by atoms with Crippen LogP contribution in [0.25, 0.3) is 0 Å². The summed E-state index contributed by atoms with van der Waals surface area (Å²) in [6.45, 7) is 6.23. The second-order valence-electron chi connectivity index (χ2n) is 4.31. The van der Waals surface area contributed by atoms with Crippen LogP contribution in [0.5, 0.6) is 0 Å². The van der Waals surface area contributed by atoms with E-state index in [2.05, 4.69) is 24.0 Å². The van der Waals surface area contributed by atoms with Gasteiger partial charge in [-0.3, -0.25) is 4.79 Å². The van der Waals surface area contributed by atoms with Crippen LogP contribution in [0, 0.1) is 5.92 Å². The van der Waals surface area contributed by atoms with E-state index < -0.39 is 5.97 Å². The van der Waals surface area contributed by atoms with E-state index in [9.17, 15) is 4.79 Å². The van der Waals surface area contributed by atoms with Crippen molar-refractivity contribution in [2.24, 2.45) is 5.92 Å². The molecule has 0 saturated heterocycles. The number of aliphatic carboxylic acids is 1. The molecule has 0 fully saturated rings. The van der Waals surface area contributed by atoms with Crippen molar-refractivity contribution in [1.29, 1.82) is 0 Å². The molecular weight excluding hydrogens is 208 g/mol. The summed E-state index contributed by atoms with van der Waals surface area (Å²) in [4.78, 5) is 10.3. The van der Waals surface area contributed by atoms with Crippen LogP contribution < -0.4 is 0 Å². The fourth-order valence-electron chi connectivity index (χ4n) is 1.23. The fraction of sp³-hybridized carbons (Fsp3) is 0.727. The predicted molar refractivity (Wildman–Crippen MR) is 58.1 cm³/mol. The average Bonchev–Trinajstić information content (AvgIpc) is 2.64. The molecule has 1 atom stereocenters. The maximum absolute atomic E-state index is 10.3. The molecule has 1 unspecified atom stereocenters. The molecule has 1 aromatic rings. The van der Waals surface area contributed by atoms with Gasteiger partial charge < -0.3 is 9.52 Å². The van der Waals surface area contributed by atoms with E-state index in [1.54, 1.807) is 0 Å². The molecule has 0 bridgehead atoms. The first-order chi connectivity index (χ1) is 7.50. The summed E-state index contributed by atoms with van der Waals surface area (Å²) in [5.41, 5.74) is 0. The highest BCUT2D eigenvalue weighted by Gasteiger charge is 2.17. The summed E-state index contributed by atoms with van der Waals surface area (Å²) in [6.07, 6.45) is 1.20. The minimum Gasteiger partial charge on any atom is -0.481 e. The average molecular weight is 226 g/mol. The van der Waals surface area contributed by atoms with Gasteiger partial charge in [-0.15, -0.1) is 10.2 Å². The molecule has 0 aliphatic heterocycles. The van der Waals surface area contributed by atoms with Gasteiger partial charge in [0.05, 0.1) is 0 Å². The number of carbonyl (C=O) groups is 1. The van der Waals surface area contributed by atoms with Gasteiger partial charge in [0.1, 0.15) is 0 Å². The summed E-state index contributed by atoms with van der Waals surface area (Å²) < 4.78 is 5.47. The first-order valence-corrected chi connectivity index (χ1v) is 5.54. The monoisotopic (exact) mass is 226 g/mol. The van der Waals surface area contributed by atoms with Crippen LogP contribution in [0.1, 0.15) is 51.3 Å². The zero-order chi connectivity index (χ0) is 12.1. The molecule has 0 radical (unpaired) electrons. The van der Waals surface area contributed by atoms with E-state index in [0.717, 1.165) is 0 Å². The summed E-state index contributed by atoms with van der Waals surface area (Å²) in [5.74, 6) is 1.06. The molecule has 5 nitrogen and oxygen atoms in total. The van der Waals surface area contributed by atoms with E-state index in [0.29, 0.717) is 30.5 Å². The molecule has 5 heteroatoms. The van der Waals surface area contributed by atoms with Crippen molar-refractivity contribution in [3.8, 4) is 0 Å². The van der Waals surface area contributed by atoms with E-state index in [4.69, 9.17) is 9.52 Å². The van der Waals surface area contributed by atoms with Crippen molar-refractivity contribution in [3.63, 3.8) is 0 Å². The molecule has 0 aromatic carbocycles. The van der Waals surface area contributed by atoms with Gasteiger partial charge in [0, 0.05) is 18.8 Å². The lowest BCUT2D eigenvalue weighted by atomic mass is 9.98. The number of hydrogen-bond donors (Lipinski definition) is 1. The van der Waals surface area contributed by atoms with E-state index in [1.807, 2.05) is 6.92 Å². The first kappa shape index (κ1) is 12.7. The number of aromatic nitrogens is 2. The van der Waals surface area contributed by atoms with Crippen LogP contribution in [-0.2, 0) is 11.2 Å². The highest BCUT2D eigenvalue weighted by atomic mass is 16.4. The number of carboxylic acid groups (broad SMARTS) is 1. The van der Waals surface area contributed by atoms with Gasteiger partial charge in [-0.05, 0) is 12.3 Å². The van der Waals surface area contributed by atoms with Crippen LogP contribution >= 0.6 is 0 Å². The second kappa shape index (κ2) is 5.63. The third kappa shape index (κ3) is 3.64. The number of rotatable bonds is 6. The largest absolute Gasteiger partial charge is 0.481 e. The third-order valence-corrected chi connectivity index (χ3v) is 2.65. The second-order valence-corrected chi connectivity index (χ2v) is 4.31. The SMILES string of the molecule is CC(C)C(C)c1nnc(CCCC(=O)O)o1. The Balaban J connectivity index is 2.48. The minimum atomic E-state index is -0.796. The summed E-state index contributed by atoms with van der Waals surface area (Å²) in [5, 5.41) is 16.4. The molecule has 1 N–H and O–H groups in total. The number of carboxylic acids is 1. The van der Waals surface area contributed by atoms with Crippen LogP contribution in [0.4, 0.5) is 0 Å². The quantitative estimate of drug-likeness (QED) is 0.804. The van der Waals surface area contributed by atoms with Crippen LogP contribution in [0.2, 0.25) is 0 Å². The number of hydrogen-bond acceptors (Lipinski definition) is 4. The minimum absolute atomic E-state index is 0.136. The lowest BCUT2D eigenvalue weighted by Gasteiger charge is -2.09. The van der Waals surface area contributed by atoms with E-state index in [1.165, 1.54) is 0 Å². The predicted octanol–water partition coefficient (Wildman–Crippen LogP) is 2.24. The summed E-state index contributed by atoms with van der Waals surface area (Å²) in [6, 6.07) is 0. The van der Waals surface area contributed by atoms with Gasteiger partial charge in [0.2, 0.25) is 11.8 Å². The lowest BCUT2D eigenvalue weighted by molar-refractivity contribution is -0.137. The number of nitrogens with zero attached hydrogens (tertiary/aromatic N) is 2. The molecule has 0 saturated carbocycles. The van der Waals surface area contributed by atoms with Crippen molar-refractivity contribution >= 4 is 5.97 Å². The molecule has 1 heterocycles. The summed E-state index contributed by atoms with van der Waals surface area (Å²) >= 11 is 0. The Morgan fingerprint density at radius 1 is 1.38 bits per heavy atom. The van der Waals surface area contributed by atoms with Gasteiger partial charge in [-0.25, -0.2) is 0 Å². The molecule has 16 heavy (non-hydrogen) atoms. The van der Waals surface area contributed by atoms with Gasteiger partial charge >= 0.3 is 5.97 Å². The molecule has 0 aliphatic rings. The van der Waals surface area contributed by atoms with Crippen molar-refractivity contribution < 1.29 is 14.3 Å². The van der Waals surface area contributed by atoms with Crippen molar-refractivity contribution in [2.75, 3.05) is 0 Å². The van der Waals surface area contributed by atoms with E-state index in [-0.39, 0.29) is 12.3 Å². The molecule has 0 amide bonds. The Bertz CT molecular complexity index is 347. The zero-order valence-electron chi connectivity index (χ0n) is 9.93. The van der Waals surface area contributed by atoms with Crippen molar-refractivity contribution in [1.82, 2.24) is 10.2 Å². The molecular formula is C11H18N2O3. The summed E-state index contributed by atoms with van der Waals surface area (Å²) in [7, 11) is 0. The zero-order valence-corrected chi connectivity index (χ0v) is 9.93. The van der Waals surface area contributed by atoms with Gasteiger partial charge in [0.15, 0.2) is 0 Å². The highest BCUT2D eigenvalue weighted by Crippen LogP contribution is 2.22. The fourth-order valence-corrected chi connectivity index (χ4v) is 1.23. The Morgan fingerprint density at radius 3 is 2.62 bits per heavy atom. The molecule has 0 spiro atoms. The lowest BCUT2D eigenvalue weighted by Crippen LogP contribution is -2.01. The van der Waals surface area contributed by atoms with Crippen molar-refractivity contribution in [2.45, 2.75) is 46.0 Å².